The second kappa shape index (κ2) is 7.01. The number of amides is 1. The van der Waals surface area contributed by atoms with Gasteiger partial charge >= 0.3 is 0 Å². The van der Waals surface area contributed by atoms with Crippen LogP contribution in [0.4, 0.5) is 15.9 Å². The number of rotatable bonds is 5. The van der Waals surface area contributed by atoms with Crippen molar-refractivity contribution in [2.45, 2.75) is 0 Å². The number of nitriles is 1. The predicted molar refractivity (Wildman–Crippen MR) is 104 cm³/mol. The molecule has 0 aliphatic rings. The van der Waals surface area contributed by atoms with Crippen molar-refractivity contribution in [1.82, 2.24) is 14.6 Å². The van der Waals surface area contributed by atoms with Crippen molar-refractivity contribution in [2.24, 2.45) is 5.73 Å². The van der Waals surface area contributed by atoms with Crippen molar-refractivity contribution in [3.63, 3.8) is 0 Å². The maximum Gasteiger partial charge on any atom is 0.248 e. The van der Waals surface area contributed by atoms with Crippen molar-refractivity contribution < 1.29 is 13.9 Å². The van der Waals surface area contributed by atoms with Crippen LogP contribution in [0.25, 0.3) is 16.9 Å². The highest BCUT2D eigenvalue weighted by atomic mass is 19.1. The molecule has 0 saturated carbocycles. The van der Waals surface area contributed by atoms with Crippen molar-refractivity contribution >= 4 is 23.1 Å². The number of fused-ring (bicyclic) bond motifs is 1. The van der Waals surface area contributed by atoms with E-state index >= 15 is 0 Å². The molecule has 4 N–H and O–H groups in total. The molecule has 0 spiro atoms. The van der Waals surface area contributed by atoms with Crippen LogP contribution in [0.5, 0.6) is 5.75 Å². The second-order valence-corrected chi connectivity index (χ2v) is 6.19. The molecule has 8 nitrogen and oxygen atoms in total. The Hall–Kier alpha value is -4.32. The second-order valence-electron chi connectivity index (χ2n) is 6.19. The van der Waals surface area contributed by atoms with Gasteiger partial charge in [-0.05, 0) is 24.3 Å². The van der Waals surface area contributed by atoms with Crippen molar-refractivity contribution in [1.29, 1.82) is 5.26 Å². The van der Waals surface area contributed by atoms with Gasteiger partial charge in [-0.1, -0.05) is 12.1 Å². The highest BCUT2D eigenvalue weighted by molar-refractivity contribution is 5.93. The number of imidazole rings is 1. The first-order chi connectivity index (χ1) is 14.0. The monoisotopic (exact) mass is 390 g/mol. The van der Waals surface area contributed by atoms with Crippen LogP contribution < -0.4 is 15.8 Å². The Morgan fingerprint density at radius 1 is 1.31 bits per heavy atom. The molecule has 2 heterocycles. The lowest BCUT2D eigenvalue weighted by atomic mass is 10.1. The average Bonchev–Trinajstić information content (AvgIpc) is 3.29. The van der Waals surface area contributed by atoms with Gasteiger partial charge in [0.15, 0.2) is 23.0 Å². The van der Waals surface area contributed by atoms with Gasteiger partial charge in [0.05, 0.1) is 19.0 Å². The molecule has 0 bridgehead atoms. The Bertz CT molecular complexity index is 1270. The molecular weight excluding hydrogens is 375 g/mol. The molecule has 0 aliphatic carbocycles. The fourth-order valence-corrected chi connectivity index (χ4v) is 3.00. The fraction of sp³-hybridized carbons (Fsp3) is 0.0500. The van der Waals surface area contributed by atoms with Gasteiger partial charge in [0.1, 0.15) is 11.6 Å². The fourth-order valence-electron chi connectivity index (χ4n) is 3.00. The molecule has 0 unspecified atom stereocenters. The summed E-state index contributed by atoms with van der Waals surface area (Å²) >= 11 is 0. The molecule has 0 saturated heterocycles. The van der Waals surface area contributed by atoms with Crippen molar-refractivity contribution in [3.8, 4) is 23.1 Å². The minimum absolute atomic E-state index is 0.0901. The number of carbonyl (C=O) groups is 1. The third kappa shape index (κ3) is 3.12. The Morgan fingerprint density at radius 2 is 2.07 bits per heavy atom. The molecular formula is C20H15FN6O2. The van der Waals surface area contributed by atoms with Crippen LogP contribution in [0.1, 0.15) is 15.9 Å². The van der Waals surface area contributed by atoms with Gasteiger partial charge in [-0.15, -0.1) is 0 Å². The van der Waals surface area contributed by atoms with Gasteiger partial charge in [0, 0.05) is 22.9 Å². The summed E-state index contributed by atoms with van der Waals surface area (Å²) in [7, 11) is 1.38. The van der Waals surface area contributed by atoms with E-state index in [1.165, 1.54) is 25.4 Å². The Morgan fingerprint density at radius 3 is 2.72 bits per heavy atom. The first-order valence-corrected chi connectivity index (χ1v) is 8.52. The number of ether oxygens (including phenoxy) is 1. The number of methoxy groups -OCH3 is 1. The standard InChI is InChI=1S/C20H15FN6O2/c1-29-16-8-14(6-7-15(16)21)25-20-17(11-2-4-12(5-3-11)18(23)28)26-19-13(9-22)10-24-27(19)20/h2-8,10,25-26H,1H3,(H2,23,28). The Balaban J connectivity index is 1.85. The quantitative estimate of drug-likeness (QED) is 0.483. The Kier molecular flexibility index (Phi) is 4.37. The predicted octanol–water partition coefficient (Wildman–Crippen LogP) is 3.19. The molecule has 29 heavy (non-hydrogen) atoms. The zero-order chi connectivity index (χ0) is 20.5. The van der Waals surface area contributed by atoms with Gasteiger partial charge in [0.2, 0.25) is 5.91 Å². The van der Waals surface area contributed by atoms with Crippen LogP contribution in [0, 0.1) is 17.1 Å². The number of carbonyl (C=O) groups excluding carboxylic acids is 1. The summed E-state index contributed by atoms with van der Waals surface area (Å²) in [4.78, 5) is 14.5. The van der Waals surface area contributed by atoms with Gasteiger partial charge in [-0.3, -0.25) is 4.79 Å². The zero-order valence-electron chi connectivity index (χ0n) is 15.2. The van der Waals surface area contributed by atoms with E-state index in [1.807, 2.05) is 0 Å². The van der Waals surface area contributed by atoms with Gasteiger partial charge in [0.25, 0.3) is 0 Å². The minimum Gasteiger partial charge on any atom is -0.494 e. The number of aromatic amines is 1. The molecule has 1 amide bonds. The normalized spacial score (nSPS) is 10.7. The first-order valence-electron chi connectivity index (χ1n) is 8.52. The van der Waals surface area contributed by atoms with Crippen LogP contribution in [0.15, 0.2) is 48.7 Å². The lowest BCUT2D eigenvalue weighted by molar-refractivity contribution is 0.100. The SMILES string of the molecule is COc1cc(Nc2c(-c3ccc(C(N)=O)cc3)[nH]c3c(C#N)cnn23)ccc1F. The molecule has 144 valence electrons. The van der Waals surface area contributed by atoms with E-state index in [9.17, 15) is 14.4 Å². The summed E-state index contributed by atoms with van der Waals surface area (Å²) in [5, 5.41) is 16.8. The number of anilines is 2. The van der Waals surface area contributed by atoms with Crippen LogP contribution in [-0.4, -0.2) is 27.6 Å². The largest absolute Gasteiger partial charge is 0.494 e. The summed E-state index contributed by atoms with van der Waals surface area (Å²) in [6, 6.07) is 13.1. The molecule has 9 heteroatoms. The number of nitrogens with one attached hydrogen (secondary N) is 2. The third-order valence-electron chi connectivity index (χ3n) is 4.45. The highest BCUT2D eigenvalue weighted by Crippen LogP contribution is 2.33. The molecule has 4 rings (SSSR count). The number of primary amides is 1. The smallest absolute Gasteiger partial charge is 0.248 e. The van der Waals surface area contributed by atoms with Crippen molar-refractivity contribution in [2.75, 3.05) is 12.4 Å². The molecule has 0 fully saturated rings. The molecule has 0 aliphatic heterocycles. The van der Waals surface area contributed by atoms with Crippen molar-refractivity contribution in [3.05, 3.63) is 65.6 Å². The van der Waals surface area contributed by atoms with E-state index in [4.69, 9.17) is 10.5 Å². The molecule has 0 radical (unpaired) electrons. The van der Waals surface area contributed by atoms with Crippen LogP contribution in [0.2, 0.25) is 0 Å². The van der Waals surface area contributed by atoms with E-state index in [-0.39, 0.29) is 5.75 Å². The van der Waals surface area contributed by atoms with E-state index in [2.05, 4.69) is 21.5 Å². The van der Waals surface area contributed by atoms with Crippen LogP contribution in [-0.2, 0) is 0 Å². The average molecular weight is 390 g/mol. The summed E-state index contributed by atoms with van der Waals surface area (Å²) in [5.74, 6) is -0.388. The number of hydrogen-bond acceptors (Lipinski definition) is 5. The number of aromatic nitrogens is 3. The maximum absolute atomic E-state index is 13.7. The van der Waals surface area contributed by atoms with Crippen LogP contribution in [0.3, 0.4) is 0 Å². The van der Waals surface area contributed by atoms with E-state index in [0.29, 0.717) is 34.0 Å². The number of nitrogens with two attached hydrogens (primary N) is 1. The Labute approximate surface area is 164 Å². The highest BCUT2D eigenvalue weighted by Gasteiger charge is 2.18. The van der Waals surface area contributed by atoms with Gasteiger partial charge < -0.3 is 20.8 Å². The lowest BCUT2D eigenvalue weighted by Gasteiger charge is -2.10. The maximum atomic E-state index is 13.7. The van der Waals surface area contributed by atoms with Crippen LogP contribution >= 0.6 is 0 Å². The number of H-pyrrole nitrogens is 1. The number of hydrogen-bond donors (Lipinski definition) is 3. The first kappa shape index (κ1) is 18.1. The molecule has 2 aromatic heterocycles. The summed E-state index contributed by atoms with van der Waals surface area (Å²) < 4.78 is 20.3. The zero-order valence-corrected chi connectivity index (χ0v) is 15.2. The summed E-state index contributed by atoms with van der Waals surface area (Å²) in [5.41, 5.74) is 8.47. The third-order valence-corrected chi connectivity index (χ3v) is 4.45. The molecule has 4 aromatic rings. The van der Waals surface area contributed by atoms with Gasteiger partial charge in [-0.25, -0.2) is 4.39 Å². The number of halogens is 1. The minimum atomic E-state index is -0.527. The summed E-state index contributed by atoms with van der Waals surface area (Å²) in [6.07, 6.45) is 1.45. The molecule has 2 aromatic carbocycles. The van der Waals surface area contributed by atoms with E-state index < -0.39 is 11.7 Å². The van der Waals surface area contributed by atoms with Gasteiger partial charge in [-0.2, -0.15) is 14.9 Å². The molecule has 0 atom stereocenters. The topological polar surface area (TPSA) is 121 Å². The number of nitrogens with zero attached hydrogens (tertiary/aromatic N) is 3. The summed E-state index contributed by atoms with van der Waals surface area (Å²) in [6.45, 7) is 0. The van der Waals surface area contributed by atoms with E-state index in [1.54, 1.807) is 34.8 Å². The lowest BCUT2D eigenvalue weighted by Crippen LogP contribution is -2.10. The number of benzene rings is 2. The van der Waals surface area contributed by atoms with E-state index in [0.717, 1.165) is 5.56 Å².